The number of nitrogens with two attached hydrogens (primary N) is 1. The number of carbonyl (C=O) groups is 4. The number of primary amides is 1. The van der Waals surface area contributed by atoms with Crippen LogP contribution in [0.3, 0.4) is 0 Å². The van der Waals surface area contributed by atoms with E-state index in [4.69, 9.17) is 29.4 Å². The van der Waals surface area contributed by atoms with Crippen molar-refractivity contribution in [2.75, 3.05) is 44.0 Å². The Bertz CT molecular complexity index is 3330. The van der Waals surface area contributed by atoms with E-state index in [0.29, 0.717) is 66.3 Å². The average molecular weight is 1090 g/mol. The second kappa shape index (κ2) is 27.1. The number of aryl methyl sites for hydroxylation is 2. The molecule has 7 rings (SSSR count). The molecule has 79 heavy (non-hydrogen) atoms. The van der Waals surface area contributed by atoms with E-state index in [1.807, 2.05) is 113 Å². The van der Waals surface area contributed by atoms with Gasteiger partial charge in [-0.25, -0.2) is 9.59 Å². The van der Waals surface area contributed by atoms with Crippen LogP contribution in [0.2, 0.25) is 0 Å². The zero-order chi connectivity index (χ0) is 56.7. The number of hydrogen-bond acceptors (Lipinski definition) is 13. The fourth-order valence-corrected chi connectivity index (χ4v) is 9.81. The number of aromatic nitrogens is 2. The number of nitrogens with one attached hydrogen (secondary N) is 3. The molecule has 17 heteroatoms. The van der Waals surface area contributed by atoms with Crippen molar-refractivity contribution in [3.05, 3.63) is 154 Å². The second-order valence-corrected chi connectivity index (χ2v) is 22.4. The lowest BCUT2D eigenvalue weighted by Crippen LogP contribution is -2.38. The Morgan fingerprint density at radius 3 is 2.19 bits per heavy atom. The summed E-state index contributed by atoms with van der Waals surface area (Å²) in [5, 5.41) is 7.85. The number of rotatable bonds is 24. The summed E-state index contributed by atoms with van der Waals surface area (Å²) in [6.45, 7) is 15.0. The van der Waals surface area contributed by atoms with E-state index in [-0.39, 0.29) is 28.9 Å². The number of H-pyrrole nitrogens is 1. The highest BCUT2D eigenvalue weighted by molar-refractivity contribution is 7.99. The molecular weight excluding hydrogens is 1020 g/mol. The van der Waals surface area contributed by atoms with Crippen molar-refractivity contribution < 1.29 is 42.9 Å². The molecule has 0 radical (unpaired) electrons. The van der Waals surface area contributed by atoms with Crippen LogP contribution in [0.5, 0.6) is 11.5 Å². The van der Waals surface area contributed by atoms with Crippen LogP contribution in [-0.2, 0) is 27.1 Å². The van der Waals surface area contributed by atoms with Crippen LogP contribution in [0.1, 0.15) is 117 Å². The van der Waals surface area contributed by atoms with Gasteiger partial charge in [-0.05, 0) is 170 Å². The lowest BCUT2D eigenvalue weighted by Gasteiger charge is -2.27. The summed E-state index contributed by atoms with van der Waals surface area (Å²) in [5.74, 6) is 0.0209. The zero-order valence-electron chi connectivity index (χ0n) is 46.4. The molecule has 5 aromatic carbocycles. The van der Waals surface area contributed by atoms with E-state index in [9.17, 15) is 24.0 Å². The van der Waals surface area contributed by atoms with Gasteiger partial charge >= 0.3 is 12.2 Å². The number of pyridine rings is 2. The third-order valence-electron chi connectivity index (χ3n) is 12.6. The van der Waals surface area contributed by atoms with Gasteiger partial charge in [0.25, 0.3) is 11.8 Å². The number of hydrogen-bond donors (Lipinski definition) is 4. The number of carbonyl (C=O) groups excluding carboxylic acids is 4. The number of amides is 3. The first kappa shape index (κ1) is 58.8. The maximum atomic E-state index is 13.5. The molecule has 0 aliphatic heterocycles. The predicted octanol–water partition coefficient (Wildman–Crippen LogP) is 13.3. The highest BCUT2D eigenvalue weighted by atomic mass is 32.2. The van der Waals surface area contributed by atoms with Gasteiger partial charge < -0.3 is 49.9 Å². The van der Waals surface area contributed by atoms with Gasteiger partial charge in [-0.15, -0.1) is 0 Å². The topological polar surface area (TPSA) is 213 Å². The smallest absolute Gasteiger partial charge is 0.497 e. The lowest BCUT2D eigenvalue weighted by molar-refractivity contribution is 0.0204. The second-order valence-electron chi connectivity index (χ2n) is 21.3. The summed E-state index contributed by atoms with van der Waals surface area (Å²) in [6, 6.07) is 33.4. The number of anilines is 3. The minimum atomic E-state index is -0.875. The minimum Gasteiger partial charge on any atom is -0.497 e. The Hall–Kier alpha value is -7.89. The number of fused-ring (bicyclic) bond motifs is 2. The van der Waals surface area contributed by atoms with Crippen molar-refractivity contribution in [3.8, 4) is 11.5 Å². The van der Waals surface area contributed by atoms with E-state index in [1.165, 1.54) is 29.6 Å². The van der Waals surface area contributed by atoms with Crippen LogP contribution >= 0.6 is 11.8 Å². The number of unbranched alkanes of at least 4 members (excludes halogenated alkanes) is 4. The highest BCUT2D eigenvalue weighted by Gasteiger charge is 2.24. The molecule has 0 aliphatic rings. The largest absolute Gasteiger partial charge is 0.514 e. The van der Waals surface area contributed by atoms with E-state index < -0.39 is 23.3 Å². The van der Waals surface area contributed by atoms with E-state index >= 15 is 0 Å². The Balaban J connectivity index is 0.822. The number of aromatic amines is 1. The maximum absolute atomic E-state index is 13.5. The van der Waals surface area contributed by atoms with Crippen molar-refractivity contribution in [2.45, 2.75) is 121 Å². The standard InChI is InChI=1S/C62H72N6O10S/c1-40-35-48(38-50-54(40)64-39-51(57(63)70)55(50)65-45-19-16-20-46(37-45)74-8)79-47-21-15-18-43(36-47)58(71)66-44-25-22-41(23-26-44)17-11-14-34-75-33-13-10-9-12-31-68(59(72)77-61(2,3)4)32-30-42-24-28-52(76-60(73)78-62(5,6)7)56-49(42)27-29-53(69)67-56/h15-16,18-29,35-39H,9-14,17,30-34H2,1-8H3,(H2,63,70)(H,64,65)(H,66,71)(H,67,69). The van der Waals surface area contributed by atoms with Crippen LogP contribution < -0.4 is 31.4 Å². The van der Waals surface area contributed by atoms with Gasteiger partial charge in [-0.3, -0.25) is 19.4 Å². The maximum Gasteiger partial charge on any atom is 0.514 e. The highest BCUT2D eigenvalue weighted by Crippen LogP contribution is 2.37. The molecule has 0 bridgehead atoms. The molecule has 2 aromatic heterocycles. The molecule has 0 atom stereocenters. The first-order chi connectivity index (χ1) is 37.7. The van der Waals surface area contributed by atoms with E-state index in [2.05, 4.69) is 20.6 Å². The molecule has 3 amide bonds. The van der Waals surface area contributed by atoms with Gasteiger partial charge in [0.05, 0.1) is 29.4 Å². The van der Waals surface area contributed by atoms with Crippen molar-refractivity contribution in [1.29, 1.82) is 0 Å². The zero-order valence-corrected chi connectivity index (χ0v) is 47.2. The summed E-state index contributed by atoms with van der Waals surface area (Å²) in [5.41, 5.74) is 10.9. The molecule has 7 aromatic rings. The van der Waals surface area contributed by atoms with Gasteiger partial charge in [-0.2, -0.15) is 0 Å². The summed E-state index contributed by atoms with van der Waals surface area (Å²) in [6.07, 6.45) is 7.09. The summed E-state index contributed by atoms with van der Waals surface area (Å²) in [4.78, 5) is 75.1. The van der Waals surface area contributed by atoms with E-state index in [1.54, 1.807) is 51.0 Å². The van der Waals surface area contributed by atoms with Gasteiger partial charge in [0.15, 0.2) is 5.75 Å². The molecule has 0 saturated heterocycles. The molecule has 2 heterocycles. The van der Waals surface area contributed by atoms with Crippen molar-refractivity contribution in [2.24, 2.45) is 5.73 Å². The Kier molecular flexibility index (Phi) is 20.2. The van der Waals surface area contributed by atoms with Crippen LogP contribution in [0, 0.1) is 6.92 Å². The molecule has 16 nitrogen and oxygen atoms in total. The minimum absolute atomic E-state index is 0.176. The Morgan fingerprint density at radius 2 is 1.46 bits per heavy atom. The van der Waals surface area contributed by atoms with Gasteiger partial charge in [0.2, 0.25) is 5.56 Å². The fraction of sp³-hybridized carbons (Fsp3) is 0.355. The van der Waals surface area contributed by atoms with Crippen molar-refractivity contribution in [1.82, 2.24) is 14.9 Å². The molecule has 0 saturated carbocycles. The fourth-order valence-electron chi connectivity index (χ4n) is 8.79. The number of methoxy groups -OCH3 is 1. The number of nitrogens with zero attached hydrogens (tertiary/aromatic N) is 2. The third-order valence-corrected chi connectivity index (χ3v) is 13.5. The summed E-state index contributed by atoms with van der Waals surface area (Å²) >= 11 is 1.50. The Labute approximate surface area is 466 Å². The quantitative estimate of drug-likeness (QED) is 0.0252. The SMILES string of the molecule is COc1cccc(Nc2c(C(N)=O)cnc3c(C)cc(Sc4cccc(C(=O)Nc5ccc(CCCCOCCCCCCN(CCc6ccc(OC(=O)OC(C)(C)C)c7[nH]c(=O)ccc67)C(=O)OC(C)(C)C)cc5)c4)cc23)c1. The molecule has 5 N–H and O–H groups in total. The first-order valence-corrected chi connectivity index (χ1v) is 27.5. The molecular formula is C62H72N6O10S. The molecule has 416 valence electrons. The first-order valence-electron chi connectivity index (χ1n) is 26.7. The van der Waals surface area contributed by atoms with Crippen LogP contribution in [-0.4, -0.2) is 83.5 Å². The van der Waals surface area contributed by atoms with Crippen LogP contribution in [0.25, 0.3) is 21.8 Å². The predicted molar refractivity (Wildman–Crippen MR) is 311 cm³/mol. The molecule has 0 unspecified atom stereocenters. The third kappa shape index (κ3) is 17.6. The Morgan fingerprint density at radius 1 is 0.722 bits per heavy atom. The summed E-state index contributed by atoms with van der Waals surface area (Å²) < 4.78 is 27.9. The van der Waals surface area contributed by atoms with Gasteiger partial charge in [-0.1, -0.05) is 54.9 Å². The van der Waals surface area contributed by atoms with Crippen molar-refractivity contribution >= 4 is 74.7 Å². The van der Waals surface area contributed by atoms with Crippen molar-refractivity contribution in [3.63, 3.8) is 0 Å². The van der Waals surface area contributed by atoms with Gasteiger partial charge in [0, 0.05) is 82.1 Å². The lowest BCUT2D eigenvalue weighted by atomic mass is 10.0. The van der Waals surface area contributed by atoms with Gasteiger partial charge in [0.1, 0.15) is 17.0 Å². The molecule has 0 fully saturated rings. The van der Waals surface area contributed by atoms with E-state index in [0.717, 1.165) is 82.5 Å². The monoisotopic (exact) mass is 1090 g/mol. The molecule has 0 aliphatic carbocycles. The normalized spacial score (nSPS) is 11.5. The molecule has 0 spiro atoms. The summed E-state index contributed by atoms with van der Waals surface area (Å²) in [7, 11) is 1.60. The average Bonchev–Trinajstić information content (AvgIpc) is 3.42. The number of ether oxygens (including phenoxy) is 5. The van der Waals surface area contributed by atoms with Crippen LogP contribution in [0.4, 0.5) is 26.7 Å². The number of benzene rings is 5. The van der Waals surface area contributed by atoms with Crippen LogP contribution in [0.15, 0.2) is 130 Å².